The number of rotatable bonds is 5. The number of carbonyl (C=O) groups excluding carboxylic acids is 1. The largest absolute Gasteiger partial charge is 0.349 e. The monoisotopic (exact) mass is 384 g/mol. The Labute approximate surface area is 150 Å². The lowest BCUT2D eigenvalue weighted by Gasteiger charge is -2.10. The average molecular weight is 385 g/mol. The van der Waals surface area contributed by atoms with E-state index in [2.05, 4.69) is 10.0 Å². The predicted molar refractivity (Wildman–Crippen MR) is 94.2 cm³/mol. The Morgan fingerprint density at radius 1 is 1.04 bits per heavy atom. The number of nitrogens with one attached hydrogen (secondary N) is 2. The van der Waals surface area contributed by atoms with E-state index < -0.39 is 10.0 Å². The zero-order chi connectivity index (χ0) is 17.3. The van der Waals surface area contributed by atoms with Crippen molar-refractivity contribution >= 4 is 44.8 Å². The van der Waals surface area contributed by atoms with Gasteiger partial charge in [-0.15, -0.1) is 0 Å². The molecule has 24 heavy (non-hydrogen) atoms. The molecule has 0 spiro atoms. The number of benzene rings is 2. The van der Waals surface area contributed by atoms with Crippen LogP contribution in [0.5, 0.6) is 0 Å². The average Bonchev–Trinajstić information content (AvgIpc) is 3.34. The van der Waals surface area contributed by atoms with Gasteiger partial charge in [-0.1, -0.05) is 23.2 Å². The Balaban J connectivity index is 1.77. The summed E-state index contributed by atoms with van der Waals surface area (Å²) in [7, 11) is -3.81. The van der Waals surface area contributed by atoms with Gasteiger partial charge in [0.1, 0.15) is 0 Å². The van der Waals surface area contributed by atoms with Crippen LogP contribution in [-0.2, 0) is 10.0 Å². The Morgan fingerprint density at radius 3 is 2.29 bits per heavy atom. The highest BCUT2D eigenvalue weighted by Gasteiger charge is 2.24. The maximum atomic E-state index is 12.4. The molecule has 0 atom stereocenters. The molecule has 0 aromatic heterocycles. The molecule has 3 rings (SSSR count). The summed E-state index contributed by atoms with van der Waals surface area (Å²) in [4.78, 5) is 12.0. The third-order valence-corrected chi connectivity index (χ3v) is 5.44. The summed E-state index contributed by atoms with van der Waals surface area (Å²) >= 11 is 11.8. The van der Waals surface area contributed by atoms with Crippen molar-refractivity contribution < 1.29 is 13.2 Å². The van der Waals surface area contributed by atoms with Gasteiger partial charge in [0.05, 0.1) is 15.6 Å². The van der Waals surface area contributed by atoms with Crippen LogP contribution in [0.15, 0.2) is 47.4 Å². The first-order valence-corrected chi connectivity index (χ1v) is 9.48. The van der Waals surface area contributed by atoms with Crippen molar-refractivity contribution in [2.45, 2.75) is 23.8 Å². The minimum absolute atomic E-state index is 0.0384. The molecule has 0 unspecified atom stereocenters. The van der Waals surface area contributed by atoms with Crippen molar-refractivity contribution in [1.29, 1.82) is 0 Å². The normalized spacial score (nSPS) is 14.2. The van der Waals surface area contributed by atoms with Crippen molar-refractivity contribution in [2.75, 3.05) is 4.72 Å². The SMILES string of the molecule is O=C(NC1CC1)c1ccc(S(=O)(=O)Nc2ccc(Cl)cc2Cl)cc1. The van der Waals surface area contributed by atoms with Gasteiger partial charge in [0.15, 0.2) is 0 Å². The van der Waals surface area contributed by atoms with Gasteiger partial charge in [0.25, 0.3) is 15.9 Å². The molecular formula is C16H14Cl2N2O3S. The van der Waals surface area contributed by atoms with Crippen LogP contribution in [0, 0.1) is 0 Å². The third-order valence-electron chi connectivity index (χ3n) is 3.51. The van der Waals surface area contributed by atoms with E-state index in [1.54, 1.807) is 0 Å². The molecule has 0 radical (unpaired) electrons. The second kappa shape index (κ2) is 6.63. The van der Waals surface area contributed by atoms with Crippen molar-refractivity contribution in [3.05, 3.63) is 58.1 Å². The van der Waals surface area contributed by atoms with Crippen molar-refractivity contribution in [3.63, 3.8) is 0 Å². The van der Waals surface area contributed by atoms with Crippen LogP contribution in [0.3, 0.4) is 0 Å². The first kappa shape index (κ1) is 17.1. The van der Waals surface area contributed by atoms with E-state index in [1.807, 2.05) is 0 Å². The molecule has 1 amide bonds. The number of halogens is 2. The van der Waals surface area contributed by atoms with Gasteiger partial charge in [0, 0.05) is 16.6 Å². The number of anilines is 1. The lowest BCUT2D eigenvalue weighted by atomic mass is 10.2. The fraction of sp³-hybridized carbons (Fsp3) is 0.188. The molecule has 8 heteroatoms. The van der Waals surface area contributed by atoms with Gasteiger partial charge in [-0.2, -0.15) is 0 Å². The molecule has 1 aliphatic carbocycles. The van der Waals surface area contributed by atoms with Crippen molar-refractivity contribution in [3.8, 4) is 0 Å². The summed E-state index contributed by atoms with van der Waals surface area (Å²) in [6.07, 6.45) is 1.98. The minimum Gasteiger partial charge on any atom is -0.349 e. The highest BCUT2D eigenvalue weighted by molar-refractivity contribution is 7.92. The van der Waals surface area contributed by atoms with Crippen LogP contribution in [-0.4, -0.2) is 20.4 Å². The van der Waals surface area contributed by atoms with E-state index in [0.29, 0.717) is 10.6 Å². The van der Waals surface area contributed by atoms with Gasteiger partial charge in [-0.25, -0.2) is 8.42 Å². The molecule has 2 aromatic carbocycles. The smallest absolute Gasteiger partial charge is 0.261 e. The number of hydrogen-bond acceptors (Lipinski definition) is 3. The van der Waals surface area contributed by atoms with Crippen LogP contribution < -0.4 is 10.0 Å². The maximum Gasteiger partial charge on any atom is 0.261 e. The summed E-state index contributed by atoms with van der Waals surface area (Å²) < 4.78 is 27.2. The number of carbonyl (C=O) groups is 1. The lowest BCUT2D eigenvalue weighted by Crippen LogP contribution is -2.25. The molecule has 0 heterocycles. The maximum absolute atomic E-state index is 12.4. The summed E-state index contributed by atoms with van der Waals surface area (Å²) in [5.74, 6) is -0.199. The Kier molecular flexibility index (Phi) is 4.71. The highest BCUT2D eigenvalue weighted by Crippen LogP contribution is 2.27. The van der Waals surface area contributed by atoms with Gasteiger partial charge in [-0.3, -0.25) is 9.52 Å². The number of sulfonamides is 1. The summed E-state index contributed by atoms with van der Waals surface area (Å²) in [6, 6.07) is 10.4. The molecular weight excluding hydrogens is 371 g/mol. The molecule has 0 bridgehead atoms. The first-order valence-electron chi connectivity index (χ1n) is 7.24. The third kappa shape index (κ3) is 4.01. The van der Waals surface area contributed by atoms with E-state index in [0.717, 1.165) is 12.8 Å². The van der Waals surface area contributed by atoms with E-state index in [1.165, 1.54) is 42.5 Å². The van der Waals surface area contributed by atoms with Gasteiger partial charge < -0.3 is 5.32 Å². The molecule has 0 aliphatic heterocycles. The Hall–Kier alpha value is -1.76. The molecule has 2 N–H and O–H groups in total. The zero-order valence-corrected chi connectivity index (χ0v) is 14.8. The highest BCUT2D eigenvalue weighted by atomic mass is 35.5. The Morgan fingerprint density at radius 2 is 1.71 bits per heavy atom. The molecule has 2 aromatic rings. The van der Waals surface area contributed by atoms with Crippen LogP contribution in [0.2, 0.25) is 10.0 Å². The lowest BCUT2D eigenvalue weighted by molar-refractivity contribution is 0.0951. The first-order chi connectivity index (χ1) is 11.3. The van der Waals surface area contributed by atoms with E-state index >= 15 is 0 Å². The van der Waals surface area contributed by atoms with Crippen LogP contribution in [0.1, 0.15) is 23.2 Å². The van der Waals surface area contributed by atoms with Gasteiger partial charge >= 0.3 is 0 Å². The molecule has 1 fully saturated rings. The van der Waals surface area contributed by atoms with Crippen LogP contribution >= 0.6 is 23.2 Å². The van der Waals surface area contributed by atoms with E-state index in [4.69, 9.17) is 23.2 Å². The topological polar surface area (TPSA) is 75.3 Å². The standard InChI is InChI=1S/C16H14Cl2N2O3S/c17-11-3-8-15(14(18)9-11)20-24(22,23)13-6-1-10(2-7-13)16(21)19-12-4-5-12/h1-3,6-9,12,20H,4-5H2,(H,19,21). The quantitative estimate of drug-likeness (QED) is 0.825. The predicted octanol–water partition coefficient (Wildman–Crippen LogP) is 3.69. The fourth-order valence-electron chi connectivity index (χ4n) is 2.06. The van der Waals surface area contributed by atoms with Crippen LogP contribution in [0.4, 0.5) is 5.69 Å². The zero-order valence-electron chi connectivity index (χ0n) is 12.4. The minimum atomic E-state index is -3.81. The Bertz CT molecular complexity index is 879. The fourth-order valence-corrected chi connectivity index (χ4v) is 3.65. The van der Waals surface area contributed by atoms with Crippen LogP contribution in [0.25, 0.3) is 0 Å². The summed E-state index contributed by atoms with van der Waals surface area (Å²) in [5, 5.41) is 3.46. The van der Waals surface area contributed by atoms with Gasteiger partial charge in [-0.05, 0) is 55.3 Å². The number of hydrogen-bond donors (Lipinski definition) is 2. The second-order valence-electron chi connectivity index (χ2n) is 5.50. The van der Waals surface area contributed by atoms with Crippen molar-refractivity contribution in [1.82, 2.24) is 5.32 Å². The molecule has 1 saturated carbocycles. The molecule has 126 valence electrons. The van der Waals surface area contributed by atoms with E-state index in [9.17, 15) is 13.2 Å². The molecule has 5 nitrogen and oxygen atoms in total. The van der Waals surface area contributed by atoms with E-state index in [-0.39, 0.29) is 27.6 Å². The molecule has 0 saturated heterocycles. The summed E-state index contributed by atoms with van der Waals surface area (Å²) in [6.45, 7) is 0. The van der Waals surface area contributed by atoms with Gasteiger partial charge in [0.2, 0.25) is 0 Å². The molecule has 1 aliphatic rings. The number of amides is 1. The summed E-state index contributed by atoms with van der Waals surface area (Å²) in [5.41, 5.74) is 0.655. The van der Waals surface area contributed by atoms with Crippen molar-refractivity contribution in [2.24, 2.45) is 0 Å². The second-order valence-corrected chi connectivity index (χ2v) is 8.03.